The summed E-state index contributed by atoms with van der Waals surface area (Å²) < 4.78 is 0. The third-order valence-electron chi connectivity index (χ3n) is 4.84. The van der Waals surface area contributed by atoms with Crippen LogP contribution in [0.25, 0.3) is 11.0 Å². The van der Waals surface area contributed by atoms with Gasteiger partial charge in [0.2, 0.25) is 5.91 Å². The lowest BCUT2D eigenvalue weighted by Gasteiger charge is -2.23. The summed E-state index contributed by atoms with van der Waals surface area (Å²) in [6, 6.07) is 5.68. The highest BCUT2D eigenvalue weighted by Gasteiger charge is 2.57. The van der Waals surface area contributed by atoms with Crippen molar-refractivity contribution in [3.8, 4) is 0 Å². The minimum atomic E-state index is 0.153. The molecular weight excluding hydrogens is 264 g/mol. The zero-order valence-corrected chi connectivity index (χ0v) is 11.8. The maximum absolute atomic E-state index is 12.4. The average molecular weight is 282 g/mol. The normalized spacial score (nSPS) is 23.1. The summed E-state index contributed by atoms with van der Waals surface area (Å²) in [7, 11) is 0. The Hall–Kier alpha value is -2.01. The van der Waals surface area contributed by atoms with E-state index in [-0.39, 0.29) is 17.2 Å². The summed E-state index contributed by atoms with van der Waals surface area (Å²) in [6.45, 7) is 2.07. The van der Waals surface area contributed by atoms with Crippen LogP contribution in [-0.2, 0) is 4.79 Å². The van der Waals surface area contributed by atoms with E-state index in [0.29, 0.717) is 0 Å². The fraction of sp³-hybridized carbons (Fsp3) is 0.438. The molecule has 1 spiro atoms. The molecule has 0 radical (unpaired) electrons. The summed E-state index contributed by atoms with van der Waals surface area (Å²) in [4.78, 5) is 20.9. The van der Waals surface area contributed by atoms with Gasteiger partial charge in [-0.3, -0.25) is 14.8 Å². The van der Waals surface area contributed by atoms with E-state index in [1.807, 2.05) is 18.2 Å². The molecule has 4 rings (SSSR count). The van der Waals surface area contributed by atoms with Crippen LogP contribution in [0.15, 0.2) is 30.6 Å². The molecule has 1 aromatic heterocycles. The first-order valence-electron chi connectivity index (χ1n) is 7.49. The Balaban J connectivity index is 1.49. The molecule has 2 N–H and O–H groups in total. The Kier molecular flexibility index (Phi) is 2.89. The molecule has 1 amide bonds. The van der Waals surface area contributed by atoms with Crippen LogP contribution in [0.5, 0.6) is 0 Å². The molecule has 1 aliphatic carbocycles. The lowest BCUT2D eigenvalue weighted by Crippen LogP contribution is -2.31. The zero-order chi connectivity index (χ0) is 14.3. The Morgan fingerprint density at radius 1 is 1.19 bits per heavy atom. The number of anilines is 1. The number of nitrogens with zero attached hydrogens (tertiary/aromatic N) is 2. The van der Waals surface area contributed by atoms with Crippen molar-refractivity contribution in [3.05, 3.63) is 30.6 Å². The number of fused-ring (bicyclic) bond motifs is 1. The van der Waals surface area contributed by atoms with Crippen molar-refractivity contribution >= 4 is 22.6 Å². The topological polar surface area (TPSA) is 66.9 Å². The Bertz CT molecular complexity index is 693. The molecule has 5 nitrogen and oxygen atoms in total. The van der Waals surface area contributed by atoms with E-state index in [2.05, 4.69) is 20.6 Å². The van der Waals surface area contributed by atoms with Crippen LogP contribution in [0.2, 0.25) is 0 Å². The second kappa shape index (κ2) is 4.77. The largest absolute Gasteiger partial charge is 0.326 e. The van der Waals surface area contributed by atoms with Gasteiger partial charge in [0.15, 0.2) is 0 Å². The van der Waals surface area contributed by atoms with Crippen molar-refractivity contribution in [2.75, 3.05) is 18.4 Å². The lowest BCUT2D eigenvalue weighted by molar-refractivity contribution is -0.118. The first kappa shape index (κ1) is 12.7. The third kappa shape index (κ3) is 2.27. The van der Waals surface area contributed by atoms with Gasteiger partial charge in [-0.05, 0) is 56.0 Å². The summed E-state index contributed by atoms with van der Waals surface area (Å²) in [6.07, 6.45) is 6.61. The van der Waals surface area contributed by atoms with Crippen molar-refractivity contribution in [3.63, 3.8) is 0 Å². The fourth-order valence-corrected chi connectivity index (χ4v) is 3.47. The number of amides is 1. The molecule has 0 bridgehead atoms. The van der Waals surface area contributed by atoms with E-state index in [4.69, 9.17) is 0 Å². The van der Waals surface area contributed by atoms with E-state index in [1.54, 1.807) is 12.4 Å². The molecule has 1 saturated heterocycles. The third-order valence-corrected chi connectivity index (χ3v) is 4.84. The van der Waals surface area contributed by atoms with Gasteiger partial charge in [0.1, 0.15) is 0 Å². The van der Waals surface area contributed by atoms with Crippen LogP contribution < -0.4 is 10.6 Å². The number of rotatable bonds is 2. The quantitative estimate of drug-likeness (QED) is 0.883. The average Bonchev–Trinajstić information content (AvgIpc) is 3.21. The van der Waals surface area contributed by atoms with Crippen LogP contribution in [0, 0.1) is 11.3 Å². The first-order chi connectivity index (χ1) is 10.3. The number of piperidine rings is 1. The molecule has 1 atom stereocenters. The van der Waals surface area contributed by atoms with Gasteiger partial charge in [0, 0.05) is 24.0 Å². The second-order valence-corrected chi connectivity index (χ2v) is 6.12. The molecule has 21 heavy (non-hydrogen) atoms. The Morgan fingerprint density at radius 2 is 1.95 bits per heavy atom. The van der Waals surface area contributed by atoms with Gasteiger partial charge < -0.3 is 10.6 Å². The molecular formula is C16H18N4O. The van der Waals surface area contributed by atoms with Crippen molar-refractivity contribution in [2.24, 2.45) is 11.3 Å². The SMILES string of the molecule is O=C(Nc1ccc2nccnc2c1)C1CC12CCNCC2. The highest BCUT2D eigenvalue weighted by molar-refractivity contribution is 5.96. The van der Waals surface area contributed by atoms with Gasteiger partial charge in [-0.25, -0.2) is 0 Å². The molecule has 5 heteroatoms. The molecule has 2 aromatic rings. The van der Waals surface area contributed by atoms with Crippen LogP contribution >= 0.6 is 0 Å². The van der Waals surface area contributed by atoms with E-state index in [0.717, 1.165) is 49.1 Å². The number of aromatic nitrogens is 2. The van der Waals surface area contributed by atoms with Gasteiger partial charge in [0.05, 0.1) is 11.0 Å². The van der Waals surface area contributed by atoms with Crippen molar-refractivity contribution in [1.29, 1.82) is 0 Å². The van der Waals surface area contributed by atoms with Crippen molar-refractivity contribution in [2.45, 2.75) is 19.3 Å². The lowest BCUT2D eigenvalue weighted by atomic mass is 9.92. The summed E-state index contributed by atoms with van der Waals surface area (Å²) in [5.74, 6) is 0.331. The number of hydrogen-bond donors (Lipinski definition) is 2. The molecule has 2 fully saturated rings. The summed E-state index contributed by atoms with van der Waals surface area (Å²) in [5.41, 5.74) is 2.73. The van der Waals surface area contributed by atoms with Gasteiger partial charge in [-0.2, -0.15) is 0 Å². The molecule has 1 aromatic carbocycles. The van der Waals surface area contributed by atoms with Crippen LogP contribution in [0.1, 0.15) is 19.3 Å². The highest BCUT2D eigenvalue weighted by Crippen LogP contribution is 2.58. The van der Waals surface area contributed by atoms with Crippen LogP contribution in [0.3, 0.4) is 0 Å². The van der Waals surface area contributed by atoms with E-state index in [1.165, 1.54) is 0 Å². The van der Waals surface area contributed by atoms with Gasteiger partial charge in [-0.1, -0.05) is 0 Å². The maximum Gasteiger partial charge on any atom is 0.228 e. The number of carbonyl (C=O) groups is 1. The highest BCUT2D eigenvalue weighted by atomic mass is 16.2. The molecule has 2 aliphatic rings. The molecule has 1 aliphatic heterocycles. The number of nitrogens with one attached hydrogen (secondary N) is 2. The van der Waals surface area contributed by atoms with Crippen LogP contribution in [0.4, 0.5) is 5.69 Å². The van der Waals surface area contributed by atoms with Crippen LogP contribution in [-0.4, -0.2) is 29.0 Å². The fourth-order valence-electron chi connectivity index (χ4n) is 3.47. The maximum atomic E-state index is 12.4. The second-order valence-electron chi connectivity index (χ2n) is 6.12. The predicted molar refractivity (Wildman–Crippen MR) is 80.8 cm³/mol. The summed E-state index contributed by atoms with van der Waals surface area (Å²) in [5, 5.41) is 6.40. The smallest absolute Gasteiger partial charge is 0.228 e. The Labute approximate surface area is 123 Å². The number of benzene rings is 1. The van der Waals surface area contributed by atoms with Crippen molar-refractivity contribution in [1.82, 2.24) is 15.3 Å². The van der Waals surface area contributed by atoms with Gasteiger partial charge >= 0.3 is 0 Å². The molecule has 1 saturated carbocycles. The predicted octanol–water partition coefficient (Wildman–Crippen LogP) is 1.96. The minimum Gasteiger partial charge on any atom is -0.326 e. The van der Waals surface area contributed by atoms with E-state index >= 15 is 0 Å². The minimum absolute atomic E-state index is 0.153. The molecule has 108 valence electrons. The number of carbonyl (C=O) groups excluding carboxylic acids is 1. The first-order valence-corrected chi connectivity index (χ1v) is 7.49. The van der Waals surface area contributed by atoms with E-state index < -0.39 is 0 Å². The van der Waals surface area contributed by atoms with Crippen molar-refractivity contribution < 1.29 is 4.79 Å². The Morgan fingerprint density at radius 3 is 2.76 bits per heavy atom. The molecule has 1 unspecified atom stereocenters. The molecule has 2 heterocycles. The standard InChI is InChI=1S/C16H18N4O/c21-15(12-10-16(12)3-5-17-6-4-16)20-11-1-2-13-14(9-11)19-8-7-18-13/h1-2,7-9,12,17H,3-6,10H2,(H,20,21). The number of hydrogen-bond acceptors (Lipinski definition) is 4. The summed E-state index contributed by atoms with van der Waals surface area (Å²) >= 11 is 0. The van der Waals surface area contributed by atoms with Gasteiger partial charge in [0.25, 0.3) is 0 Å². The zero-order valence-electron chi connectivity index (χ0n) is 11.8. The van der Waals surface area contributed by atoms with Gasteiger partial charge in [-0.15, -0.1) is 0 Å². The monoisotopic (exact) mass is 282 g/mol. The van der Waals surface area contributed by atoms with E-state index in [9.17, 15) is 4.79 Å².